The van der Waals surface area contributed by atoms with E-state index in [9.17, 15) is 9.90 Å². The Morgan fingerprint density at radius 1 is 1.05 bits per heavy atom. The fraction of sp³-hybridized carbons (Fsp3) is 0.625. The molecule has 224 valence electrons. The third kappa shape index (κ3) is 5.97. The van der Waals surface area contributed by atoms with Crippen molar-refractivity contribution in [1.82, 2.24) is 24.8 Å². The highest BCUT2D eigenvalue weighted by molar-refractivity contribution is 7.22. The van der Waals surface area contributed by atoms with Crippen LogP contribution in [0.4, 0.5) is 5.13 Å². The minimum atomic E-state index is -0.383. The second-order valence-electron chi connectivity index (χ2n) is 12.8. The standard InChI is InChI=1S/C32H42N6O3S/c1-20-18-37(24-5-2-3-6-24)11-12-38(20)25-13-22(14-25)31(40)36-32-35-26-10-9-21(15-29(26)42-32)23-16-33-30(34-17-23)19-41-28-8-4-7-27(28)39/h9-10,15-17,20,22,24-25,27-28,39H,2-8,11-14,18-19H2,1H3,(H,35,36,40)/t20-,22?,25?,27-,28-/m0/s1. The average Bonchev–Trinajstić information content (AvgIpc) is 3.73. The van der Waals surface area contributed by atoms with Crippen molar-refractivity contribution in [2.75, 3.05) is 25.0 Å². The van der Waals surface area contributed by atoms with Gasteiger partial charge in [0.1, 0.15) is 6.61 Å². The molecule has 2 aromatic heterocycles. The minimum Gasteiger partial charge on any atom is -0.390 e. The number of aliphatic hydroxyl groups excluding tert-OH is 1. The van der Waals surface area contributed by atoms with Crippen LogP contribution in [0.1, 0.15) is 70.5 Å². The van der Waals surface area contributed by atoms with E-state index in [1.165, 1.54) is 50.1 Å². The Bertz CT molecular complexity index is 1390. The van der Waals surface area contributed by atoms with Crippen molar-refractivity contribution in [1.29, 1.82) is 0 Å². The van der Waals surface area contributed by atoms with Crippen LogP contribution in [0.15, 0.2) is 30.6 Å². The molecule has 1 saturated heterocycles. The number of piperazine rings is 1. The largest absolute Gasteiger partial charge is 0.390 e. The van der Waals surface area contributed by atoms with Gasteiger partial charge in [0.25, 0.3) is 0 Å². The number of aromatic nitrogens is 3. The van der Waals surface area contributed by atoms with Crippen molar-refractivity contribution in [3.8, 4) is 11.1 Å². The summed E-state index contributed by atoms with van der Waals surface area (Å²) < 4.78 is 6.83. The first kappa shape index (κ1) is 28.3. The summed E-state index contributed by atoms with van der Waals surface area (Å²) >= 11 is 1.51. The summed E-state index contributed by atoms with van der Waals surface area (Å²) in [7, 11) is 0. The molecule has 0 bridgehead atoms. The lowest BCUT2D eigenvalue weighted by molar-refractivity contribution is -0.125. The van der Waals surface area contributed by atoms with Gasteiger partial charge in [-0.2, -0.15) is 0 Å². The van der Waals surface area contributed by atoms with Gasteiger partial charge in [0, 0.05) is 61.6 Å². The van der Waals surface area contributed by atoms with Gasteiger partial charge < -0.3 is 15.2 Å². The molecule has 3 heterocycles. The number of fused-ring (bicyclic) bond motifs is 1. The van der Waals surface area contributed by atoms with Crippen LogP contribution in [0.25, 0.3) is 21.3 Å². The molecule has 42 heavy (non-hydrogen) atoms. The van der Waals surface area contributed by atoms with E-state index in [1.54, 1.807) is 0 Å². The number of nitrogens with zero attached hydrogens (tertiary/aromatic N) is 5. The molecule has 4 aliphatic rings. The Balaban J connectivity index is 0.911. The number of ether oxygens (including phenoxy) is 1. The second kappa shape index (κ2) is 12.2. The normalized spacial score (nSPS) is 29.2. The molecule has 4 fully saturated rings. The maximum Gasteiger partial charge on any atom is 0.229 e. The summed E-state index contributed by atoms with van der Waals surface area (Å²) in [6.45, 7) is 6.13. The van der Waals surface area contributed by atoms with Crippen LogP contribution >= 0.6 is 11.3 Å². The van der Waals surface area contributed by atoms with Crippen LogP contribution in [0.5, 0.6) is 0 Å². The van der Waals surface area contributed by atoms with Crippen molar-refractivity contribution in [3.05, 3.63) is 36.4 Å². The van der Waals surface area contributed by atoms with Gasteiger partial charge in [-0.3, -0.25) is 14.6 Å². The maximum absolute atomic E-state index is 13.1. The molecule has 1 aliphatic heterocycles. The quantitative estimate of drug-likeness (QED) is 0.384. The number of rotatable bonds is 8. The number of amides is 1. The van der Waals surface area contributed by atoms with Gasteiger partial charge in [-0.05, 0) is 69.6 Å². The van der Waals surface area contributed by atoms with E-state index in [4.69, 9.17) is 4.74 Å². The van der Waals surface area contributed by atoms with Crippen molar-refractivity contribution >= 4 is 32.6 Å². The van der Waals surface area contributed by atoms with E-state index in [0.29, 0.717) is 29.6 Å². The molecule has 7 rings (SSSR count). The van der Waals surface area contributed by atoms with Crippen molar-refractivity contribution < 1.29 is 14.6 Å². The van der Waals surface area contributed by atoms with Gasteiger partial charge >= 0.3 is 0 Å². The molecule has 3 aromatic rings. The van der Waals surface area contributed by atoms with Gasteiger partial charge in [0.05, 0.1) is 22.4 Å². The minimum absolute atomic E-state index is 0.0641. The summed E-state index contributed by atoms with van der Waals surface area (Å²) in [4.78, 5) is 32.1. The monoisotopic (exact) mass is 590 g/mol. The fourth-order valence-electron chi connectivity index (χ4n) is 7.44. The Labute approximate surface area is 251 Å². The summed E-state index contributed by atoms with van der Waals surface area (Å²) in [5, 5.41) is 13.7. The zero-order valence-corrected chi connectivity index (χ0v) is 25.3. The predicted molar refractivity (Wildman–Crippen MR) is 164 cm³/mol. The number of carbonyl (C=O) groups excluding carboxylic acids is 1. The third-order valence-electron chi connectivity index (χ3n) is 10.0. The summed E-state index contributed by atoms with van der Waals surface area (Å²) in [6, 6.07) is 7.97. The number of thiazole rings is 1. The number of nitrogens with one attached hydrogen (secondary N) is 1. The van der Waals surface area contributed by atoms with Crippen LogP contribution in [0.3, 0.4) is 0 Å². The highest BCUT2D eigenvalue weighted by Crippen LogP contribution is 2.37. The number of benzene rings is 1. The number of carbonyl (C=O) groups is 1. The van der Waals surface area contributed by atoms with Crippen LogP contribution < -0.4 is 5.32 Å². The first-order valence-corrected chi connectivity index (χ1v) is 16.6. The Morgan fingerprint density at radius 2 is 1.86 bits per heavy atom. The second-order valence-corrected chi connectivity index (χ2v) is 13.8. The number of hydrogen-bond acceptors (Lipinski definition) is 9. The molecule has 3 aliphatic carbocycles. The van der Waals surface area contributed by atoms with Crippen LogP contribution in [0, 0.1) is 5.92 Å². The SMILES string of the molecule is C[C@H]1CN(C2CCCC2)CCN1C1CC(C(=O)Nc2nc3ccc(-c4cnc(CO[C@H]5CCC[C@@H]5O)nc4)cc3s2)C1. The van der Waals surface area contributed by atoms with E-state index in [2.05, 4.69) is 43.1 Å². The van der Waals surface area contributed by atoms with E-state index < -0.39 is 0 Å². The van der Waals surface area contributed by atoms with Crippen molar-refractivity contribution in [2.45, 2.75) is 102 Å². The highest BCUT2D eigenvalue weighted by Gasteiger charge is 2.42. The summed E-state index contributed by atoms with van der Waals surface area (Å²) in [5.41, 5.74) is 2.80. The van der Waals surface area contributed by atoms with Gasteiger partial charge in [-0.25, -0.2) is 15.0 Å². The molecule has 0 radical (unpaired) electrons. The topological polar surface area (TPSA) is 104 Å². The van der Waals surface area contributed by atoms with Gasteiger partial charge in [0.2, 0.25) is 5.91 Å². The molecule has 10 heteroatoms. The third-order valence-corrected chi connectivity index (χ3v) is 10.9. The predicted octanol–water partition coefficient (Wildman–Crippen LogP) is 4.85. The lowest BCUT2D eigenvalue weighted by Crippen LogP contribution is -2.60. The molecule has 0 spiro atoms. The molecule has 0 unspecified atom stereocenters. The molecule has 1 amide bonds. The highest BCUT2D eigenvalue weighted by atomic mass is 32.1. The lowest BCUT2D eigenvalue weighted by atomic mass is 9.78. The number of anilines is 1. The van der Waals surface area contributed by atoms with Crippen LogP contribution in [-0.2, 0) is 16.1 Å². The zero-order valence-electron chi connectivity index (χ0n) is 24.5. The Hall–Kier alpha value is -2.50. The van der Waals surface area contributed by atoms with E-state index in [1.807, 2.05) is 24.5 Å². The van der Waals surface area contributed by atoms with Crippen molar-refractivity contribution in [2.24, 2.45) is 5.92 Å². The zero-order chi connectivity index (χ0) is 28.6. The first-order chi connectivity index (χ1) is 20.5. The Kier molecular flexibility index (Phi) is 8.24. The molecular weight excluding hydrogens is 548 g/mol. The van der Waals surface area contributed by atoms with E-state index in [-0.39, 0.29) is 24.0 Å². The molecule has 9 nitrogen and oxygen atoms in total. The number of hydrogen-bond donors (Lipinski definition) is 2. The molecule has 2 N–H and O–H groups in total. The van der Waals surface area contributed by atoms with E-state index >= 15 is 0 Å². The maximum atomic E-state index is 13.1. The smallest absolute Gasteiger partial charge is 0.229 e. The summed E-state index contributed by atoms with van der Waals surface area (Å²) in [5.74, 6) is 0.772. The van der Waals surface area contributed by atoms with Crippen LogP contribution in [-0.4, -0.2) is 85.7 Å². The van der Waals surface area contributed by atoms with Crippen molar-refractivity contribution in [3.63, 3.8) is 0 Å². The fourth-order valence-corrected chi connectivity index (χ4v) is 8.35. The average molecular weight is 591 g/mol. The van der Waals surface area contributed by atoms with Gasteiger partial charge in [-0.1, -0.05) is 30.2 Å². The molecule has 3 atom stereocenters. The Morgan fingerprint density at radius 3 is 2.60 bits per heavy atom. The number of aliphatic hydroxyl groups is 1. The van der Waals surface area contributed by atoms with Gasteiger partial charge in [-0.15, -0.1) is 0 Å². The van der Waals surface area contributed by atoms with E-state index in [0.717, 1.165) is 66.0 Å². The molecular formula is C32H42N6O3S. The van der Waals surface area contributed by atoms with Crippen LogP contribution in [0.2, 0.25) is 0 Å². The first-order valence-electron chi connectivity index (χ1n) is 15.8. The van der Waals surface area contributed by atoms with Gasteiger partial charge in [0.15, 0.2) is 11.0 Å². The molecule has 1 aromatic carbocycles. The molecule has 3 saturated carbocycles. The summed E-state index contributed by atoms with van der Waals surface area (Å²) in [6.07, 6.45) is 13.2. The lowest BCUT2D eigenvalue weighted by Gasteiger charge is -2.50.